The molecule has 3 heteroatoms. The molecule has 1 heterocycles. The summed E-state index contributed by atoms with van der Waals surface area (Å²) in [5.74, 6) is 1.47. The Morgan fingerprint density at radius 3 is 2.26 bits per heavy atom. The van der Waals surface area contributed by atoms with Crippen LogP contribution >= 0.6 is 0 Å². The summed E-state index contributed by atoms with van der Waals surface area (Å²) < 4.78 is 0. The predicted molar refractivity (Wildman–Crippen MR) is 79.9 cm³/mol. The average Bonchev–Trinajstić information content (AvgIpc) is 2.38. The van der Waals surface area contributed by atoms with E-state index >= 15 is 0 Å². The quantitative estimate of drug-likeness (QED) is 0.807. The minimum Gasteiger partial charge on any atom is -0.393 e. The molecule has 3 nitrogen and oxygen atoms in total. The summed E-state index contributed by atoms with van der Waals surface area (Å²) in [5, 5.41) is 9.68. The molecule has 3 atom stereocenters. The van der Waals surface area contributed by atoms with E-state index in [1.165, 1.54) is 19.3 Å². The third-order valence-electron chi connectivity index (χ3n) is 5.45. The number of nitrogens with two attached hydrogens (primary N) is 1. The van der Waals surface area contributed by atoms with Gasteiger partial charge in [0.15, 0.2) is 0 Å². The van der Waals surface area contributed by atoms with E-state index in [0.29, 0.717) is 17.4 Å². The summed E-state index contributed by atoms with van der Waals surface area (Å²) in [6.45, 7) is 10.0. The minimum atomic E-state index is -0.0745. The first-order chi connectivity index (χ1) is 8.91. The van der Waals surface area contributed by atoms with Crippen molar-refractivity contribution in [1.29, 1.82) is 0 Å². The largest absolute Gasteiger partial charge is 0.393 e. The van der Waals surface area contributed by atoms with Crippen molar-refractivity contribution >= 4 is 0 Å². The minimum absolute atomic E-state index is 0.0745. The predicted octanol–water partition coefficient (Wildman–Crippen LogP) is 2.23. The van der Waals surface area contributed by atoms with Crippen LogP contribution in [0.4, 0.5) is 0 Å². The van der Waals surface area contributed by atoms with E-state index < -0.39 is 0 Å². The highest BCUT2D eigenvalue weighted by Crippen LogP contribution is 2.41. The Labute approximate surface area is 118 Å². The summed E-state index contributed by atoms with van der Waals surface area (Å²) >= 11 is 0. The van der Waals surface area contributed by atoms with Gasteiger partial charge in [-0.1, -0.05) is 20.8 Å². The Bertz CT molecular complexity index is 279. The topological polar surface area (TPSA) is 49.5 Å². The molecule has 2 rings (SSSR count). The van der Waals surface area contributed by atoms with Crippen LogP contribution < -0.4 is 5.73 Å². The molecule has 112 valence electrons. The van der Waals surface area contributed by atoms with Crippen molar-refractivity contribution in [2.75, 3.05) is 19.6 Å². The van der Waals surface area contributed by atoms with Gasteiger partial charge in [-0.05, 0) is 55.9 Å². The second-order valence-electron chi connectivity index (χ2n) is 7.71. The van der Waals surface area contributed by atoms with Gasteiger partial charge in [0.05, 0.1) is 6.10 Å². The van der Waals surface area contributed by atoms with Crippen LogP contribution in [0.3, 0.4) is 0 Å². The summed E-state index contributed by atoms with van der Waals surface area (Å²) in [6, 6.07) is 0.649. The van der Waals surface area contributed by atoms with Gasteiger partial charge in [0.25, 0.3) is 0 Å². The number of hydrogen-bond donors (Lipinski definition) is 2. The molecule has 2 aliphatic rings. The summed E-state index contributed by atoms with van der Waals surface area (Å²) in [6.07, 6.45) is 5.71. The van der Waals surface area contributed by atoms with E-state index in [0.717, 1.165) is 38.4 Å². The fourth-order valence-electron chi connectivity index (χ4n) is 3.94. The summed E-state index contributed by atoms with van der Waals surface area (Å²) in [7, 11) is 0. The van der Waals surface area contributed by atoms with Crippen molar-refractivity contribution in [1.82, 2.24) is 4.90 Å². The second-order valence-corrected chi connectivity index (χ2v) is 7.71. The molecule has 3 N–H and O–H groups in total. The monoisotopic (exact) mass is 268 g/mol. The Morgan fingerprint density at radius 1 is 1.11 bits per heavy atom. The number of piperidine rings is 1. The molecular weight excluding hydrogens is 236 g/mol. The van der Waals surface area contributed by atoms with Crippen LogP contribution in [0.25, 0.3) is 0 Å². The number of rotatable bonds is 2. The van der Waals surface area contributed by atoms with Gasteiger partial charge >= 0.3 is 0 Å². The maximum atomic E-state index is 9.68. The molecule has 1 aliphatic carbocycles. The van der Waals surface area contributed by atoms with Gasteiger partial charge in [-0.25, -0.2) is 0 Å². The summed E-state index contributed by atoms with van der Waals surface area (Å²) in [5.41, 5.74) is 6.42. The van der Waals surface area contributed by atoms with Crippen LogP contribution in [-0.2, 0) is 0 Å². The molecule has 1 aliphatic heterocycles. The van der Waals surface area contributed by atoms with Crippen LogP contribution in [0.1, 0.15) is 52.9 Å². The lowest BCUT2D eigenvalue weighted by Gasteiger charge is -2.47. The number of hydrogen-bond acceptors (Lipinski definition) is 3. The van der Waals surface area contributed by atoms with Crippen molar-refractivity contribution in [3.63, 3.8) is 0 Å². The van der Waals surface area contributed by atoms with Gasteiger partial charge in [0, 0.05) is 19.1 Å². The van der Waals surface area contributed by atoms with Crippen LogP contribution in [0.2, 0.25) is 0 Å². The zero-order valence-electron chi connectivity index (χ0n) is 12.9. The second kappa shape index (κ2) is 6.11. The third kappa shape index (κ3) is 3.71. The molecule has 1 saturated carbocycles. The molecule has 3 unspecified atom stereocenters. The standard InChI is InChI=1S/C16H32N2O/c1-16(2,3)13-5-4-12(11-17)15(10-13)18-8-6-14(19)7-9-18/h12-15,19H,4-11,17H2,1-3H3. The van der Waals surface area contributed by atoms with Crippen LogP contribution in [0, 0.1) is 17.3 Å². The Morgan fingerprint density at radius 2 is 1.74 bits per heavy atom. The molecule has 0 spiro atoms. The van der Waals surface area contributed by atoms with Crippen molar-refractivity contribution in [3.05, 3.63) is 0 Å². The fourth-order valence-corrected chi connectivity index (χ4v) is 3.94. The maximum Gasteiger partial charge on any atom is 0.0564 e. The van der Waals surface area contributed by atoms with Gasteiger partial charge in [0.1, 0.15) is 0 Å². The molecule has 0 radical (unpaired) electrons. The van der Waals surface area contributed by atoms with Crippen molar-refractivity contribution in [2.24, 2.45) is 23.0 Å². The normalized spacial score (nSPS) is 35.5. The first-order valence-electron chi connectivity index (χ1n) is 8.04. The van der Waals surface area contributed by atoms with E-state index in [2.05, 4.69) is 25.7 Å². The number of nitrogens with zero attached hydrogens (tertiary/aromatic N) is 1. The van der Waals surface area contributed by atoms with Crippen LogP contribution in [0.5, 0.6) is 0 Å². The Balaban J connectivity index is 2.01. The SMILES string of the molecule is CC(C)(C)C1CCC(CN)C(N2CCC(O)CC2)C1. The lowest BCUT2D eigenvalue weighted by Crippen LogP contribution is -2.51. The lowest BCUT2D eigenvalue weighted by atomic mass is 9.67. The van der Waals surface area contributed by atoms with Crippen molar-refractivity contribution in [2.45, 2.75) is 65.0 Å². The molecule has 0 bridgehead atoms. The van der Waals surface area contributed by atoms with Gasteiger partial charge < -0.3 is 10.8 Å². The molecule has 0 aromatic rings. The van der Waals surface area contributed by atoms with E-state index in [1.807, 2.05) is 0 Å². The van der Waals surface area contributed by atoms with Gasteiger partial charge in [-0.3, -0.25) is 4.90 Å². The van der Waals surface area contributed by atoms with Crippen molar-refractivity contribution < 1.29 is 5.11 Å². The van der Waals surface area contributed by atoms with Gasteiger partial charge in [-0.2, -0.15) is 0 Å². The molecule has 1 saturated heterocycles. The van der Waals surface area contributed by atoms with Gasteiger partial charge in [-0.15, -0.1) is 0 Å². The van der Waals surface area contributed by atoms with E-state index in [9.17, 15) is 5.11 Å². The maximum absolute atomic E-state index is 9.68. The van der Waals surface area contributed by atoms with E-state index in [-0.39, 0.29) is 6.10 Å². The molecule has 19 heavy (non-hydrogen) atoms. The highest BCUT2D eigenvalue weighted by atomic mass is 16.3. The van der Waals surface area contributed by atoms with Crippen LogP contribution in [-0.4, -0.2) is 41.8 Å². The number of aliphatic hydroxyl groups excluding tert-OH is 1. The molecule has 0 aromatic carbocycles. The number of aliphatic hydroxyl groups is 1. The highest BCUT2D eigenvalue weighted by molar-refractivity contribution is 4.92. The van der Waals surface area contributed by atoms with E-state index in [1.54, 1.807) is 0 Å². The first kappa shape index (κ1) is 15.3. The third-order valence-corrected chi connectivity index (χ3v) is 5.45. The average molecular weight is 268 g/mol. The first-order valence-corrected chi connectivity index (χ1v) is 8.04. The zero-order valence-corrected chi connectivity index (χ0v) is 12.9. The van der Waals surface area contributed by atoms with Crippen molar-refractivity contribution in [3.8, 4) is 0 Å². The Kier molecular flexibility index (Phi) is 4.91. The molecule has 2 fully saturated rings. The van der Waals surface area contributed by atoms with Crippen LogP contribution in [0.15, 0.2) is 0 Å². The Hall–Kier alpha value is -0.120. The molecule has 0 aromatic heterocycles. The molecule has 0 amide bonds. The number of likely N-dealkylation sites (tertiary alicyclic amines) is 1. The summed E-state index contributed by atoms with van der Waals surface area (Å²) in [4.78, 5) is 2.61. The molecular formula is C16H32N2O. The van der Waals surface area contributed by atoms with E-state index in [4.69, 9.17) is 5.73 Å². The van der Waals surface area contributed by atoms with Gasteiger partial charge in [0.2, 0.25) is 0 Å². The zero-order chi connectivity index (χ0) is 14.0. The fraction of sp³-hybridized carbons (Fsp3) is 1.00. The lowest BCUT2D eigenvalue weighted by molar-refractivity contribution is 0.00527. The smallest absolute Gasteiger partial charge is 0.0564 e. The highest BCUT2D eigenvalue weighted by Gasteiger charge is 2.38.